The van der Waals surface area contributed by atoms with Crippen LogP contribution in [-0.2, 0) is 16.0 Å². The number of carbonyl (C=O) groups excluding carboxylic acids is 2. The van der Waals surface area contributed by atoms with Gasteiger partial charge in [-0.15, -0.1) is 0 Å². The lowest BCUT2D eigenvalue weighted by Crippen LogP contribution is -2.45. The van der Waals surface area contributed by atoms with E-state index in [0.29, 0.717) is 36.0 Å². The van der Waals surface area contributed by atoms with Crippen molar-refractivity contribution in [3.8, 4) is 5.75 Å². The highest BCUT2D eigenvalue weighted by atomic mass is 16.6. The molecule has 0 radical (unpaired) electrons. The van der Waals surface area contributed by atoms with Crippen molar-refractivity contribution >= 4 is 23.0 Å². The number of rotatable bonds is 7. The van der Waals surface area contributed by atoms with Crippen LogP contribution in [0.1, 0.15) is 65.0 Å². The van der Waals surface area contributed by atoms with Crippen LogP contribution in [0.2, 0.25) is 0 Å². The third-order valence-electron chi connectivity index (χ3n) is 4.32. The van der Waals surface area contributed by atoms with E-state index in [1.165, 1.54) is 6.07 Å². The van der Waals surface area contributed by atoms with Crippen LogP contribution in [0.4, 0.5) is 4.79 Å². The van der Waals surface area contributed by atoms with Crippen LogP contribution in [0.3, 0.4) is 0 Å². The monoisotopic (exact) mass is 417 g/mol. The van der Waals surface area contributed by atoms with Crippen LogP contribution in [0.15, 0.2) is 27.4 Å². The molecule has 164 valence electrons. The molecule has 1 atom stereocenters. The third-order valence-corrected chi connectivity index (χ3v) is 4.32. The van der Waals surface area contributed by atoms with Crippen LogP contribution in [0.5, 0.6) is 5.75 Å². The first-order valence-electron chi connectivity index (χ1n) is 10.3. The van der Waals surface area contributed by atoms with Crippen molar-refractivity contribution in [2.75, 3.05) is 0 Å². The maximum Gasteiger partial charge on any atom is 0.408 e. The molecule has 0 unspecified atom stereocenters. The molecular formula is C23H31NO6. The van der Waals surface area contributed by atoms with E-state index in [0.717, 1.165) is 17.5 Å². The van der Waals surface area contributed by atoms with E-state index in [2.05, 4.69) is 5.32 Å². The van der Waals surface area contributed by atoms with Crippen LogP contribution >= 0.6 is 0 Å². The van der Waals surface area contributed by atoms with Crippen molar-refractivity contribution < 1.29 is 23.5 Å². The summed E-state index contributed by atoms with van der Waals surface area (Å²) in [6, 6.07) is 4.05. The van der Waals surface area contributed by atoms with Crippen LogP contribution in [-0.4, -0.2) is 23.7 Å². The standard InChI is InChI=1S/C23H31NO6/c1-7-9-15-13-19(25)28-17-11-14(3)12-18(20(15)17)29-21(26)16(10-8-2)24-22(27)30-23(4,5)6/h11-13,16H,7-10H2,1-6H3,(H,24,27)/t16-/m1/s1. The van der Waals surface area contributed by atoms with Crippen LogP contribution < -0.4 is 15.7 Å². The lowest BCUT2D eigenvalue weighted by Gasteiger charge is -2.23. The summed E-state index contributed by atoms with van der Waals surface area (Å²) in [4.78, 5) is 37.0. The average Bonchev–Trinajstić information content (AvgIpc) is 2.59. The van der Waals surface area contributed by atoms with Gasteiger partial charge in [-0.2, -0.15) is 0 Å². The Hall–Kier alpha value is -2.83. The molecule has 1 aromatic heterocycles. The van der Waals surface area contributed by atoms with Gasteiger partial charge in [-0.3, -0.25) is 0 Å². The highest BCUT2D eigenvalue weighted by Crippen LogP contribution is 2.31. The van der Waals surface area contributed by atoms with Crippen LogP contribution in [0, 0.1) is 6.92 Å². The van der Waals surface area contributed by atoms with Gasteiger partial charge in [0.1, 0.15) is 23.0 Å². The second-order valence-electron chi connectivity index (χ2n) is 8.39. The van der Waals surface area contributed by atoms with Crippen molar-refractivity contribution in [1.29, 1.82) is 0 Å². The van der Waals surface area contributed by atoms with Gasteiger partial charge in [-0.25, -0.2) is 14.4 Å². The van der Waals surface area contributed by atoms with Crippen molar-refractivity contribution in [2.24, 2.45) is 0 Å². The predicted molar refractivity (Wildman–Crippen MR) is 115 cm³/mol. The summed E-state index contributed by atoms with van der Waals surface area (Å²) >= 11 is 0. The number of aryl methyl sites for hydroxylation is 2. The molecule has 1 amide bonds. The Bertz CT molecular complexity index is 970. The Kier molecular flexibility index (Phi) is 7.65. The lowest BCUT2D eigenvalue weighted by molar-refractivity contribution is -0.136. The Morgan fingerprint density at radius 3 is 2.43 bits per heavy atom. The highest BCUT2D eigenvalue weighted by molar-refractivity contribution is 5.91. The van der Waals surface area contributed by atoms with Gasteiger partial charge in [0.25, 0.3) is 0 Å². The quantitative estimate of drug-likeness (QED) is 0.400. The Labute approximate surface area is 176 Å². The van der Waals surface area contributed by atoms with E-state index in [9.17, 15) is 14.4 Å². The van der Waals surface area contributed by atoms with Crippen molar-refractivity contribution in [2.45, 2.75) is 78.9 Å². The first-order chi connectivity index (χ1) is 14.0. The average molecular weight is 418 g/mol. The number of alkyl carbamates (subject to hydrolysis) is 1. The number of esters is 1. The summed E-state index contributed by atoms with van der Waals surface area (Å²) in [6.07, 6.45) is 1.85. The van der Waals surface area contributed by atoms with Gasteiger partial charge in [0.15, 0.2) is 0 Å². The topological polar surface area (TPSA) is 94.8 Å². The Balaban J connectivity index is 2.37. The van der Waals surface area contributed by atoms with Crippen LogP contribution in [0.25, 0.3) is 11.0 Å². The van der Waals surface area contributed by atoms with Gasteiger partial charge in [0.05, 0.1) is 5.39 Å². The number of amides is 1. The van der Waals surface area contributed by atoms with Crippen molar-refractivity contribution in [3.05, 3.63) is 39.7 Å². The summed E-state index contributed by atoms with van der Waals surface area (Å²) < 4.78 is 16.3. The molecule has 0 aliphatic rings. The van der Waals surface area contributed by atoms with E-state index in [4.69, 9.17) is 13.9 Å². The molecule has 0 aliphatic heterocycles. The van der Waals surface area contributed by atoms with E-state index in [1.807, 2.05) is 20.8 Å². The van der Waals surface area contributed by atoms with Gasteiger partial charge in [-0.1, -0.05) is 26.7 Å². The molecule has 0 spiro atoms. The predicted octanol–water partition coefficient (Wildman–Crippen LogP) is 4.65. The highest BCUT2D eigenvalue weighted by Gasteiger charge is 2.26. The molecule has 0 fully saturated rings. The molecule has 1 N–H and O–H groups in total. The zero-order valence-corrected chi connectivity index (χ0v) is 18.6. The minimum Gasteiger partial charge on any atom is -0.444 e. The lowest BCUT2D eigenvalue weighted by atomic mass is 10.0. The van der Waals surface area contributed by atoms with E-state index in [-0.39, 0.29) is 0 Å². The zero-order valence-electron chi connectivity index (χ0n) is 18.6. The van der Waals surface area contributed by atoms with Crippen molar-refractivity contribution in [3.63, 3.8) is 0 Å². The Morgan fingerprint density at radius 2 is 1.83 bits per heavy atom. The molecule has 0 aliphatic carbocycles. The summed E-state index contributed by atoms with van der Waals surface area (Å²) in [7, 11) is 0. The first kappa shape index (κ1) is 23.4. The molecule has 30 heavy (non-hydrogen) atoms. The summed E-state index contributed by atoms with van der Waals surface area (Å²) in [6.45, 7) is 11.0. The molecule has 7 nitrogen and oxygen atoms in total. The molecule has 2 rings (SSSR count). The number of benzene rings is 1. The third kappa shape index (κ3) is 6.34. The van der Waals surface area contributed by atoms with Gasteiger partial charge in [0, 0.05) is 6.07 Å². The zero-order chi connectivity index (χ0) is 22.5. The smallest absolute Gasteiger partial charge is 0.408 e. The Morgan fingerprint density at radius 1 is 1.13 bits per heavy atom. The molecule has 2 aromatic rings. The van der Waals surface area contributed by atoms with Gasteiger partial charge >= 0.3 is 17.7 Å². The summed E-state index contributed by atoms with van der Waals surface area (Å²) in [5, 5.41) is 3.20. The van der Waals surface area contributed by atoms with Gasteiger partial charge in [-0.05, 0) is 63.8 Å². The number of ether oxygens (including phenoxy) is 2. The van der Waals surface area contributed by atoms with E-state index in [1.54, 1.807) is 32.9 Å². The molecular weight excluding hydrogens is 386 g/mol. The molecule has 0 bridgehead atoms. The maximum atomic E-state index is 12.9. The number of hydrogen-bond donors (Lipinski definition) is 1. The van der Waals surface area contributed by atoms with Crippen molar-refractivity contribution in [1.82, 2.24) is 5.32 Å². The minimum atomic E-state index is -0.856. The number of hydrogen-bond acceptors (Lipinski definition) is 6. The number of nitrogens with one attached hydrogen (secondary N) is 1. The second kappa shape index (κ2) is 9.78. The van der Waals surface area contributed by atoms with E-state index >= 15 is 0 Å². The molecule has 1 aromatic carbocycles. The van der Waals surface area contributed by atoms with Gasteiger partial charge < -0.3 is 19.2 Å². The fraction of sp³-hybridized carbons (Fsp3) is 0.522. The number of fused-ring (bicyclic) bond motifs is 1. The molecule has 1 heterocycles. The normalized spacial score (nSPS) is 12.5. The number of carbonyl (C=O) groups is 2. The van der Waals surface area contributed by atoms with Gasteiger partial charge in [0.2, 0.25) is 0 Å². The summed E-state index contributed by atoms with van der Waals surface area (Å²) in [5.41, 5.74) is 0.808. The summed E-state index contributed by atoms with van der Waals surface area (Å²) in [5.74, 6) is -0.280. The molecule has 0 saturated carbocycles. The molecule has 7 heteroatoms. The first-order valence-corrected chi connectivity index (χ1v) is 10.3. The fourth-order valence-corrected chi connectivity index (χ4v) is 3.18. The minimum absolute atomic E-state index is 0.314. The molecule has 0 saturated heterocycles. The maximum absolute atomic E-state index is 12.9. The second-order valence-corrected chi connectivity index (χ2v) is 8.39. The fourth-order valence-electron chi connectivity index (χ4n) is 3.18. The van der Waals surface area contributed by atoms with E-state index < -0.39 is 29.3 Å². The largest absolute Gasteiger partial charge is 0.444 e. The SMILES string of the molecule is CCCc1cc(=O)oc2cc(C)cc(OC(=O)[C@@H](CCC)NC(=O)OC(C)(C)C)c12.